The zero-order chi connectivity index (χ0) is 76.1. The van der Waals surface area contributed by atoms with E-state index < -0.39 is 162 Å². The van der Waals surface area contributed by atoms with Crippen LogP contribution in [0.15, 0.2) is 60.7 Å². The molecule has 5 N–H and O–H groups in total. The van der Waals surface area contributed by atoms with Gasteiger partial charge in [0.1, 0.15) is 60.4 Å². The number of piperidine rings is 1. The van der Waals surface area contributed by atoms with E-state index in [1.807, 2.05) is 41.5 Å². The Balaban J connectivity index is 1.97. The molecule has 101 heavy (non-hydrogen) atoms. The number of rotatable bonds is 16. The Labute approximate surface area is 600 Å². The van der Waals surface area contributed by atoms with Crippen LogP contribution >= 0.6 is 0 Å². The van der Waals surface area contributed by atoms with Gasteiger partial charge in [0, 0.05) is 88.2 Å². The van der Waals surface area contributed by atoms with Crippen molar-refractivity contribution >= 4 is 70.9 Å². The Hall–Kier alpha value is -8.00. The van der Waals surface area contributed by atoms with Crippen molar-refractivity contribution in [1.82, 2.24) is 60.5 Å². The number of aliphatic hydroxyl groups excluding tert-OH is 1. The van der Waals surface area contributed by atoms with Crippen molar-refractivity contribution in [3.8, 4) is 0 Å². The van der Waals surface area contributed by atoms with Crippen LogP contribution in [0, 0.1) is 23.7 Å². The van der Waals surface area contributed by atoms with Gasteiger partial charge in [0.25, 0.3) is 0 Å². The molecule has 0 aromatic heterocycles. The minimum Gasteiger partial charge on any atom is -0.391 e. The second-order valence-electron chi connectivity index (χ2n) is 30.1. The van der Waals surface area contributed by atoms with E-state index in [-0.39, 0.29) is 62.8 Å². The summed E-state index contributed by atoms with van der Waals surface area (Å²) in [5.74, 6) is -9.53. The lowest BCUT2D eigenvalue weighted by atomic mass is 9.94. The summed E-state index contributed by atoms with van der Waals surface area (Å²) in [6.45, 7) is 22.9. The van der Waals surface area contributed by atoms with Gasteiger partial charge < -0.3 is 70.3 Å². The maximum absolute atomic E-state index is 15.6. The molecule has 12 amide bonds. The minimum absolute atomic E-state index is 0.0631. The predicted octanol–water partition coefficient (Wildman–Crippen LogP) is 4.04. The third-order valence-corrected chi connectivity index (χ3v) is 19.3. The second kappa shape index (κ2) is 39.4. The highest BCUT2D eigenvalue weighted by atomic mass is 16.5. The minimum atomic E-state index is -1.69. The smallest absolute Gasteiger partial charge is 0.248 e. The van der Waals surface area contributed by atoms with Gasteiger partial charge in [-0.2, -0.15) is 0 Å². The van der Waals surface area contributed by atoms with Crippen LogP contribution in [0.4, 0.5) is 0 Å². The molecule has 2 aliphatic heterocycles. The number of likely N-dealkylation sites (N-methyl/N-ethyl adjacent to an activating group) is 6. The van der Waals surface area contributed by atoms with E-state index in [2.05, 4.69) is 21.3 Å². The molecule has 0 radical (unpaired) electrons. The van der Waals surface area contributed by atoms with E-state index in [1.165, 1.54) is 92.6 Å². The monoisotopic (exact) mass is 1410 g/mol. The highest BCUT2D eigenvalue weighted by Crippen LogP contribution is 2.24. The molecule has 2 saturated heterocycles. The lowest BCUT2D eigenvalue weighted by Gasteiger charge is -2.39. The van der Waals surface area contributed by atoms with Crippen molar-refractivity contribution in [1.29, 1.82) is 0 Å². The number of carbonyl (C=O) groups is 12. The van der Waals surface area contributed by atoms with E-state index in [4.69, 9.17) is 4.74 Å². The summed E-state index contributed by atoms with van der Waals surface area (Å²) in [5.41, 5.74) is 0.404. The van der Waals surface area contributed by atoms with Crippen LogP contribution in [0.2, 0.25) is 0 Å². The summed E-state index contributed by atoms with van der Waals surface area (Å²) in [4.78, 5) is 189. The second-order valence-corrected chi connectivity index (χ2v) is 30.1. The third kappa shape index (κ3) is 24.9. The number of hydrogen-bond donors (Lipinski definition) is 5. The number of hydrogen-bond acceptors (Lipinski definition) is 14. The number of nitrogens with zero attached hydrogens (tertiary/aromatic N) is 8. The van der Waals surface area contributed by atoms with Gasteiger partial charge in [0.15, 0.2) is 0 Å². The van der Waals surface area contributed by atoms with Crippen LogP contribution in [0.3, 0.4) is 0 Å². The van der Waals surface area contributed by atoms with Crippen LogP contribution in [0.5, 0.6) is 0 Å². The SMILES string of the molecule is CC[C@H](C)[C@H]1C(=O)N[C@@H]([C@@H](C)O)C(=O)N(C)[C@@H](C)C(=O)N(C)[C@@H](CC(C)C)C(=O)N[C@H](C(=O)N2CCCCC2)CC(=O)N(C)CCC(=O)N(C)[C@@H](CC(C)C)C(=O)N[C@@H](CC(C)C)C(=O)N(C)[C@@H](Cc2ccccc2)C(=O)N[C@@H](COC(C)(C)C)C(=O)N(C)C(Cc2ccccc2)C(=O)N1C. The molecule has 2 heterocycles. The van der Waals surface area contributed by atoms with Gasteiger partial charge in [-0.15, -0.1) is 0 Å². The van der Waals surface area contributed by atoms with Gasteiger partial charge in [-0.05, 0) is 108 Å². The summed E-state index contributed by atoms with van der Waals surface area (Å²) in [7, 11) is 9.88. The molecule has 0 saturated carbocycles. The lowest BCUT2D eigenvalue weighted by molar-refractivity contribution is -0.153. The van der Waals surface area contributed by atoms with E-state index in [0.717, 1.165) is 11.3 Å². The molecule has 0 aliphatic carbocycles. The molecular formula is C75H120N12O14. The molecule has 2 aromatic rings. The van der Waals surface area contributed by atoms with Gasteiger partial charge in [0.2, 0.25) is 70.9 Å². The van der Waals surface area contributed by atoms with Gasteiger partial charge in [0.05, 0.1) is 24.7 Å². The van der Waals surface area contributed by atoms with Gasteiger partial charge in [-0.1, -0.05) is 122 Å². The summed E-state index contributed by atoms with van der Waals surface area (Å²) in [6, 6.07) is 4.18. The van der Waals surface area contributed by atoms with Crippen molar-refractivity contribution in [3.05, 3.63) is 71.8 Å². The van der Waals surface area contributed by atoms with Crippen LogP contribution in [0.25, 0.3) is 0 Å². The zero-order valence-electron chi connectivity index (χ0n) is 63.9. The Morgan fingerprint density at radius 2 is 0.980 bits per heavy atom. The lowest BCUT2D eigenvalue weighted by Crippen LogP contribution is -2.63. The average molecular weight is 1410 g/mol. The Bertz CT molecular complexity index is 3120. The fourth-order valence-electron chi connectivity index (χ4n) is 12.7. The number of nitrogens with one attached hydrogen (secondary N) is 4. The molecule has 12 atom stereocenters. The normalized spacial score (nSPS) is 25.5. The van der Waals surface area contributed by atoms with Crippen LogP contribution in [-0.2, 0) is 75.1 Å². The van der Waals surface area contributed by atoms with Crippen molar-refractivity contribution in [2.24, 2.45) is 23.7 Å². The Kier molecular flexibility index (Phi) is 33.3. The molecule has 2 aromatic carbocycles. The molecule has 4 rings (SSSR count). The Morgan fingerprint density at radius 3 is 1.49 bits per heavy atom. The van der Waals surface area contributed by atoms with Crippen molar-refractivity contribution in [2.75, 3.05) is 75.6 Å². The van der Waals surface area contributed by atoms with Crippen LogP contribution in [-0.4, -0.2) is 263 Å². The fourth-order valence-corrected chi connectivity index (χ4v) is 12.7. The first-order valence-corrected chi connectivity index (χ1v) is 36.0. The maximum Gasteiger partial charge on any atom is 0.248 e. The maximum atomic E-state index is 15.6. The molecule has 2 aliphatic rings. The molecule has 26 nitrogen and oxygen atoms in total. The standard InChI is InChI=1S/C75H120N12O14/c1-21-49(8)64-68(94)79-63(51(10)88)74(100)81(15)50(9)69(95)83(17)58(41-48(6)7)66(92)77-55(72(98)87-36-29-24-30-37-87)44-62(90)80(14)38-35-61(89)82(16)57(40-47(4)5)65(91)76-54(39-46(2)3)70(96)84(18)59(42-52-31-25-22-26-32-52)67(93)78-56(45-101-75(11,12)13)71(97)85(19)60(73(99)86(64)20)43-53-33-27-23-28-34-53/h22-23,25-28,31-34,46-51,54-60,63-64,88H,21,24,29-30,35-45H2,1-20H3,(H,76,91)(H,77,92)(H,78,93)(H,79,94)/t49-,50-,51+,54-,55-,56-,57-,58-,59-,60?,63-,64-/m0/s1. The van der Waals surface area contributed by atoms with Crippen molar-refractivity contribution < 1.29 is 67.4 Å². The summed E-state index contributed by atoms with van der Waals surface area (Å²) >= 11 is 0. The van der Waals surface area contributed by atoms with E-state index >= 15 is 24.0 Å². The summed E-state index contributed by atoms with van der Waals surface area (Å²) in [6.07, 6.45) is 0.438. The first-order valence-electron chi connectivity index (χ1n) is 36.0. The molecule has 0 spiro atoms. The average Bonchev–Trinajstić information content (AvgIpc) is 0.814. The van der Waals surface area contributed by atoms with Gasteiger partial charge in [-0.25, -0.2) is 0 Å². The predicted molar refractivity (Wildman–Crippen MR) is 386 cm³/mol. The number of aliphatic hydroxyl groups is 1. The third-order valence-electron chi connectivity index (χ3n) is 19.3. The Morgan fingerprint density at radius 1 is 0.515 bits per heavy atom. The van der Waals surface area contributed by atoms with E-state index in [0.29, 0.717) is 43.5 Å². The van der Waals surface area contributed by atoms with Crippen molar-refractivity contribution in [3.63, 3.8) is 0 Å². The number of benzene rings is 2. The topological polar surface area (TPSA) is 308 Å². The van der Waals surface area contributed by atoms with Crippen LogP contribution < -0.4 is 21.3 Å². The highest BCUT2D eigenvalue weighted by molar-refractivity contribution is 6.00. The summed E-state index contributed by atoms with van der Waals surface area (Å²) < 4.78 is 6.26. The molecule has 564 valence electrons. The van der Waals surface area contributed by atoms with Crippen molar-refractivity contribution in [2.45, 2.75) is 233 Å². The van der Waals surface area contributed by atoms with E-state index in [1.54, 1.807) is 100 Å². The quantitative estimate of drug-likeness (QED) is 0.159. The number of likely N-dealkylation sites (tertiary alicyclic amines) is 1. The molecule has 2 fully saturated rings. The fraction of sp³-hybridized carbons (Fsp3) is 0.680. The van der Waals surface area contributed by atoms with Gasteiger partial charge in [-0.3, -0.25) is 57.5 Å². The molecule has 26 heteroatoms. The first kappa shape index (κ1) is 85.4. The summed E-state index contributed by atoms with van der Waals surface area (Å²) in [5, 5.41) is 22.7. The highest BCUT2D eigenvalue weighted by Gasteiger charge is 2.45. The largest absolute Gasteiger partial charge is 0.391 e. The molecule has 1 unspecified atom stereocenters. The van der Waals surface area contributed by atoms with Gasteiger partial charge >= 0.3 is 0 Å². The molecular weight excluding hydrogens is 1290 g/mol. The molecule has 0 bridgehead atoms. The number of carbonyl (C=O) groups excluding carboxylic acids is 12. The van der Waals surface area contributed by atoms with E-state index in [9.17, 15) is 38.7 Å². The zero-order valence-corrected chi connectivity index (χ0v) is 63.9. The number of amides is 12. The number of ether oxygens (including phenoxy) is 1. The first-order chi connectivity index (χ1) is 47.2. The van der Waals surface area contributed by atoms with Crippen LogP contribution in [0.1, 0.15) is 159 Å².